The highest BCUT2D eigenvalue weighted by Crippen LogP contribution is 2.51. The fraction of sp³-hybridized carbons (Fsp3) is 0.500. The van der Waals surface area contributed by atoms with Gasteiger partial charge in [-0.1, -0.05) is 0 Å². The lowest BCUT2D eigenvalue weighted by molar-refractivity contribution is 0.362. The normalized spacial score (nSPS) is 16.8. The standard InChI is InChI=1S/C12H17NO3/c1-14-8-6-9(15-2)11(10(7-8)16-3)12(13)4-5-12/h6-7H,4-5,13H2,1-3H3. The highest BCUT2D eigenvalue weighted by molar-refractivity contribution is 5.55. The Morgan fingerprint density at radius 2 is 1.50 bits per heavy atom. The SMILES string of the molecule is COc1cc(OC)c(C2(N)CC2)c(OC)c1. The first-order valence-corrected chi connectivity index (χ1v) is 5.24. The molecule has 0 aliphatic heterocycles. The minimum Gasteiger partial charge on any atom is -0.496 e. The Balaban J connectivity index is 2.55. The van der Waals surface area contributed by atoms with E-state index in [2.05, 4.69) is 0 Å². The van der Waals surface area contributed by atoms with Crippen LogP contribution in [0.15, 0.2) is 12.1 Å². The van der Waals surface area contributed by atoms with Crippen LogP contribution in [0.3, 0.4) is 0 Å². The average Bonchev–Trinajstić information content (AvgIpc) is 3.06. The van der Waals surface area contributed by atoms with Crippen LogP contribution >= 0.6 is 0 Å². The van der Waals surface area contributed by atoms with Crippen molar-refractivity contribution < 1.29 is 14.2 Å². The third-order valence-electron chi connectivity index (χ3n) is 3.00. The van der Waals surface area contributed by atoms with Gasteiger partial charge in [0.2, 0.25) is 0 Å². The second kappa shape index (κ2) is 3.87. The van der Waals surface area contributed by atoms with E-state index in [-0.39, 0.29) is 5.54 Å². The molecule has 1 aromatic rings. The van der Waals surface area contributed by atoms with Gasteiger partial charge in [-0.2, -0.15) is 0 Å². The molecule has 1 aromatic carbocycles. The molecular formula is C12H17NO3. The molecule has 2 N–H and O–H groups in total. The lowest BCUT2D eigenvalue weighted by Crippen LogP contribution is -2.20. The molecule has 88 valence electrons. The van der Waals surface area contributed by atoms with Crippen molar-refractivity contribution in [3.8, 4) is 17.2 Å². The van der Waals surface area contributed by atoms with Crippen molar-refractivity contribution in [1.82, 2.24) is 0 Å². The Morgan fingerprint density at radius 1 is 1.00 bits per heavy atom. The number of hydrogen-bond acceptors (Lipinski definition) is 4. The molecule has 0 radical (unpaired) electrons. The molecule has 0 bridgehead atoms. The number of methoxy groups -OCH3 is 3. The molecule has 16 heavy (non-hydrogen) atoms. The third-order valence-corrected chi connectivity index (χ3v) is 3.00. The smallest absolute Gasteiger partial charge is 0.131 e. The van der Waals surface area contributed by atoms with Crippen molar-refractivity contribution in [1.29, 1.82) is 0 Å². The fourth-order valence-corrected chi connectivity index (χ4v) is 1.88. The molecule has 0 spiro atoms. The maximum atomic E-state index is 6.21. The zero-order valence-corrected chi connectivity index (χ0v) is 9.87. The van der Waals surface area contributed by atoms with Crippen LogP contribution in [0.5, 0.6) is 17.2 Å². The van der Waals surface area contributed by atoms with Gasteiger partial charge in [-0.25, -0.2) is 0 Å². The van der Waals surface area contributed by atoms with Gasteiger partial charge in [-0.05, 0) is 12.8 Å². The van der Waals surface area contributed by atoms with Gasteiger partial charge in [0.15, 0.2) is 0 Å². The summed E-state index contributed by atoms with van der Waals surface area (Å²) in [5.41, 5.74) is 6.87. The molecule has 0 atom stereocenters. The molecule has 4 heteroatoms. The Hall–Kier alpha value is -1.42. The largest absolute Gasteiger partial charge is 0.496 e. The number of nitrogens with two attached hydrogens (primary N) is 1. The quantitative estimate of drug-likeness (QED) is 0.843. The predicted molar refractivity (Wildman–Crippen MR) is 61.2 cm³/mol. The molecule has 2 rings (SSSR count). The van der Waals surface area contributed by atoms with Crippen molar-refractivity contribution in [3.63, 3.8) is 0 Å². The second-order valence-electron chi connectivity index (χ2n) is 4.06. The van der Waals surface area contributed by atoms with E-state index in [4.69, 9.17) is 19.9 Å². The molecule has 0 heterocycles. The highest BCUT2D eigenvalue weighted by atomic mass is 16.5. The predicted octanol–water partition coefficient (Wildman–Crippen LogP) is 1.66. The summed E-state index contributed by atoms with van der Waals surface area (Å²) in [6.45, 7) is 0. The molecule has 1 fully saturated rings. The van der Waals surface area contributed by atoms with Crippen molar-refractivity contribution in [2.45, 2.75) is 18.4 Å². The van der Waals surface area contributed by atoms with Crippen LogP contribution in [0.25, 0.3) is 0 Å². The Morgan fingerprint density at radius 3 is 1.81 bits per heavy atom. The first kappa shape index (κ1) is 11.1. The van der Waals surface area contributed by atoms with Crippen LogP contribution in [-0.4, -0.2) is 21.3 Å². The second-order valence-corrected chi connectivity index (χ2v) is 4.06. The molecule has 1 aliphatic rings. The van der Waals surface area contributed by atoms with Crippen molar-refractivity contribution >= 4 is 0 Å². The molecule has 0 amide bonds. The Labute approximate surface area is 95.3 Å². The van der Waals surface area contributed by atoms with E-state index < -0.39 is 0 Å². The molecular weight excluding hydrogens is 206 g/mol. The lowest BCUT2D eigenvalue weighted by atomic mass is 10.0. The Kier molecular flexibility index (Phi) is 2.68. The summed E-state index contributed by atoms with van der Waals surface area (Å²) in [6, 6.07) is 3.68. The average molecular weight is 223 g/mol. The van der Waals surface area contributed by atoms with Gasteiger partial charge < -0.3 is 19.9 Å². The zero-order valence-electron chi connectivity index (χ0n) is 9.87. The molecule has 0 saturated heterocycles. The third kappa shape index (κ3) is 1.69. The van der Waals surface area contributed by atoms with E-state index in [1.807, 2.05) is 12.1 Å². The van der Waals surface area contributed by atoms with Crippen LogP contribution in [0, 0.1) is 0 Å². The first-order chi connectivity index (χ1) is 7.64. The van der Waals surface area contributed by atoms with Crippen LogP contribution < -0.4 is 19.9 Å². The van der Waals surface area contributed by atoms with Gasteiger partial charge >= 0.3 is 0 Å². The van der Waals surface area contributed by atoms with Gasteiger partial charge in [-0.3, -0.25) is 0 Å². The van der Waals surface area contributed by atoms with E-state index in [9.17, 15) is 0 Å². The monoisotopic (exact) mass is 223 g/mol. The van der Waals surface area contributed by atoms with Crippen LogP contribution in [0.1, 0.15) is 18.4 Å². The fourth-order valence-electron chi connectivity index (χ4n) is 1.88. The summed E-state index contributed by atoms with van der Waals surface area (Å²) >= 11 is 0. The van der Waals surface area contributed by atoms with Crippen molar-refractivity contribution in [2.75, 3.05) is 21.3 Å². The number of benzene rings is 1. The lowest BCUT2D eigenvalue weighted by Gasteiger charge is -2.19. The van der Waals surface area contributed by atoms with Crippen molar-refractivity contribution in [2.24, 2.45) is 5.73 Å². The van der Waals surface area contributed by atoms with Gasteiger partial charge in [-0.15, -0.1) is 0 Å². The van der Waals surface area contributed by atoms with Gasteiger partial charge in [0.05, 0.1) is 26.9 Å². The van der Waals surface area contributed by atoms with Crippen LogP contribution in [0.4, 0.5) is 0 Å². The molecule has 0 unspecified atom stereocenters. The summed E-state index contributed by atoms with van der Waals surface area (Å²) in [5, 5.41) is 0. The van der Waals surface area contributed by atoms with Crippen LogP contribution in [-0.2, 0) is 5.54 Å². The number of ether oxygens (including phenoxy) is 3. The van der Waals surface area contributed by atoms with E-state index in [1.54, 1.807) is 21.3 Å². The zero-order chi connectivity index (χ0) is 11.8. The summed E-state index contributed by atoms with van der Waals surface area (Å²) in [6.07, 6.45) is 1.93. The summed E-state index contributed by atoms with van der Waals surface area (Å²) in [5.74, 6) is 2.18. The molecule has 1 aliphatic carbocycles. The molecule has 1 saturated carbocycles. The highest BCUT2D eigenvalue weighted by Gasteiger charge is 2.44. The number of hydrogen-bond donors (Lipinski definition) is 1. The number of rotatable bonds is 4. The summed E-state index contributed by atoms with van der Waals surface area (Å²) in [4.78, 5) is 0. The minimum absolute atomic E-state index is 0.289. The van der Waals surface area contributed by atoms with E-state index in [0.29, 0.717) is 5.75 Å². The van der Waals surface area contributed by atoms with E-state index >= 15 is 0 Å². The van der Waals surface area contributed by atoms with Crippen LogP contribution in [0.2, 0.25) is 0 Å². The topological polar surface area (TPSA) is 53.7 Å². The summed E-state index contributed by atoms with van der Waals surface area (Å²) < 4.78 is 15.9. The van der Waals surface area contributed by atoms with Crippen molar-refractivity contribution in [3.05, 3.63) is 17.7 Å². The van der Waals surface area contributed by atoms with E-state index in [0.717, 1.165) is 29.9 Å². The van der Waals surface area contributed by atoms with Gasteiger partial charge in [0.25, 0.3) is 0 Å². The van der Waals surface area contributed by atoms with Gasteiger partial charge in [0, 0.05) is 17.7 Å². The maximum Gasteiger partial charge on any atom is 0.131 e. The summed E-state index contributed by atoms with van der Waals surface area (Å²) in [7, 11) is 4.87. The maximum absolute atomic E-state index is 6.21. The Bertz CT molecular complexity index is 374. The van der Waals surface area contributed by atoms with E-state index in [1.165, 1.54) is 0 Å². The first-order valence-electron chi connectivity index (χ1n) is 5.24. The molecule has 0 aromatic heterocycles. The van der Waals surface area contributed by atoms with Gasteiger partial charge in [0.1, 0.15) is 17.2 Å². The minimum atomic E-state index is -0.289. The molecule has 4 nitrogen and oxygen atoms in total.